The molecule has 0 radical (unpaired) electrons. The number of fused-ring (bicyclic) bond motifs is 1. The maximum Gasteiger partial charge on any atom is 0.163 e. The Bertz CT molecular complexity index is 1310. The van der Waals surface area contributed by atoms with Crippen molar-refractivity contribution in [1.29, 1.82) is 0 Å². The molecule has 0 saturated carbocycles. The second kappa shape index (κ2) is 9.35. The number of rotatable bonds is 6. The Hall–Kier alpha value is -3.58. The molecule has 2 aromatic carbocycles. The highest BCUT2D eigenvalue weighted by molar-refractivity contribution is 5.98. The summed E-state index contributed by atoms with van der Waals surface area (Å²) < 4.78 is 20.5. The summed E-state index contributed by atoms with van der Waals surface area (Å²) in [6, 6.07) is 14.8. The van der Waals surface area contributed by atoms with Crippen LogP contribution in [0.25, 0.3) is 33.4 Å². The first-order valence-electron chi connectivity index (χ1n) is 11.5. The second-order valence-corrected chi connectivity index (χ2v) is 8.92. The fourth-order valence-corrected chi connectivity index (χ4v) is 4.76. The van der Waals surface area contributed by atoms with Crippen LogP contribution in [0.5, 0.6) is 5.75 Å². The summed E-state index contributed by atoms with van der Waals surface area (Å²) in [6.45, 7) is 1.83. The van der Waals surface area contributed by atoms with Gasteiger partial charge in [0.25, 0.3) is 0 Å². The molecule has 5 rings (SSSR count). The highest BCUT2D eigenvalue weighted by Gasteiger charge is 2.29. The number of benzene rings is 2. The summed E-state index contributed by atoms with van der Waals surface area (Å²) in [6.07, 6.45) is 5.69. The molecule has 4 aromatic rings. The van der Waals surface area contributed by atoms with Crippen molar-refractivity contribution in [3.63, 3.8) is 0 Å². The minimum atomic E-state index is -0.273. The molecular formula is C27H28FN5O. The fraction of sp³-hybridized carbons (Fsp3) is 0.296. The van der Waals surface area contributed by atoms with Crippen molar-refractivity contribution in [2.45, 2.75) is 18.9 Å². The first-order valence-corrected chi connectivity index (χ1v) is 11.5. The van der Waals surface area contributed by atoms with Gasteiger partial charge in [-0.15, -0.1) is 0 Å². The van der Waals surface area contributed by atoms with Gasteiger partial charge >= 0.3 is 0 Å². The van der Waals surface area contributed by atoms with E-state index in [0.717, 1.165) is 48.3 Å². The summed E-state index contributed by atoms with van der Waals surface area (Å²) in [5.41, 5.74) is 2.82. The molecular weight excluding hydrogens is 429 g/mol. The number of hydrogen-bond donors (Lipinski definition) is 0. The molecule has 1 atom stereocenters. The van der Waals surface area contributed by atoms with E-state index in [1.165, 1.54) is 6.07 Å². The number of pyridine rings is 1. The van der Waals surface area contributed by atoms with Gasteiger partial charge in [0.15, 0.2) is 5.82 Å². The molecule has 2 aromatic heterocycles. The molecule has 174 valence electrons. The zero-order valence-electron chi connectivity index (χ0n) is 19.7. The fourth-order valence-electron chi connectivity index (χ4n) is 4.76. The minimum absolute atomic E-state index is 0.273. The Morgan fingerprint density at radius 1 is 1.09 bits per heavy atom. The highest BCUT2D eigenvalue weighted by Crippen LogP contribution is 2.39. The molecule has 1 aliphatic rings. The molecule has 0 bridgehead atoms. The van der Waals surface area contributed by atoms with Crippen LogP contribution in [0.15, 0.2) is 60.9 Å². The van der Waals surface area contributed by atoms with E-state index in [2.05, 4.69) is 28.9 Å². The summed E-state index contributed by atoms with van der Waals surface area (Å²) in [4.78, 5) is 18.8. The largest absolute Gasteiger partial charge is 0.494 e. The standard InChI is InChI=1S/C27H28FN5O/c1-32(2)17-20-9-7-13-33(20)27-22-14-19(21-10-4-5-11-23(21)28)15-24(34-3)25(22)30-26(31-27)18-8-6-12-29-16-18/h4-6,8,10-12,14-16,20H,7,9,13,17H2,1-3H3. The molecule has 1 unspecified atom stereocenters. The molecule has 0 aliphatic carbocycles. The molecule has 0 spiro atoms. The van der Waals surface area contributed by atoms with Crippen molar-refractivity contribution in [2.24, 2.45) is 0 Å². The van der Waals surface area contributed by atoms with E-state index in [1.807, 2.05) is 30.3 Å². The molecule has 7 heteroatoms. The van der Waals surface area contributed by atoms with E-state index in [1.54, 1.807) is 31.6 Å². The topological polar surface area (TPSA) is 54.4 Å². The number of halogens is 1. The Balaban J connectivity index is 1.77. The number of likely N-dealkylation sites (N-methyl/N-ethyl adjacent to an activating group) is 1. The van der Waals surface area contributed by atoms with E-state index < -0.39 is 0 Å². The first kappa shape index (κ1) is 22.2. The highest BCUT2D eigenvalue weighted by atomic mass is 19.1. The Morgan fingerprint density at radius 2 is 1.94 bits per heavy atom. The van der Waals surface area contributed by atoms with E-state index in [9.17, 15) is 4.39 Å². The van der Waals surface area contributed by atoms with Gasteiger partial charge in [0.05, 0.1) is 7.11 Å². The van der Waals surface area contributed by atoms with Gasteiger partial charge in [-0.25, -0.2) is 14.4 Å². The van der Waals surface area contributed by atoms with Crippen LogP contribution in [-0.4, -0.2) is 60.2 Å². The van der Waals surface area contributed by atoms with E-state index in [0.29, 0.717) is 28.7 Å². The van der Waals surface area contributed by atoms with Crippen molar-refractivity contribution in [3.05, 3.63) is 66.7 Å². The molecule has 0 amide bonds. The lowest BCUT2D eigenvalue weighted by atomic mass is 10.0. The minimum Gasteiger partial charge on any atom is -0.494 e. The Kier molecular flexibility index (Phi) is 6.11. The van der Waals surface area contributed by atoms with Crippen LogP contribution in [0, 0.1) is 5.82 Å². The van der Waals surface area contributed by atoms with Crippen molar-refractivity contribution in [1.82, 2.24) is 19.9 Å². The summed E-state index contributed by atoms with van der Waals surface area (Å²) in [7, 11) is 5.81. The smallest absolute Gasteiger partial charge is 0.163 e. The van der Waals surface area contributed by atoms with Gasteiger partial charge in [-0.3, -0.25) is 4.98 Å². The van der Waals surface area contributed by atoms with Crippen molar-refractivity contribution >= 4 is 16.7 Å². The van der Waals surface area contributed by atoms with E-state index in [-0.39, 0.29) is 5.82 Å². The Morgan fingerprint density at radius 3 is 2.68 bits per heavy atom. The van der Waals surface area contributed by atoms with Crippen LogP contribution in [-0.2, 0) is 0 Å². The third-order valence-electron chi connectivity index (χ3n) is 6.29. The molecule has 1 aliphatic heterocycles. The average molecular weight is 458 g/mol. The number of hydrogen-bond acceptors (Lipinski definition) is 6. The van der Waals surface area contributed by atoms with Crippen LogP contribution < -0.4 is 9.64 Å². The lowest BCUT2D eigenvalue weighted by Crippen LogP contribution is -2.38. The van der Waals surface area contributed by atoms with Crippen LogP contribution in [0.3, 0.4) is 0 Å². The van der Waals surface area contributed by atoms with Gasteiger partial charge in [0.1, 0.15) is 22.9 Å². The number of ether oxygens (including phenoxy) is 1. The van der Waals surface area contributed by atoms with Crippen molar-refractivity contribution in [2.75, 3.05) is 39.2 Å². The quantitative estimate of drug-likeness (QED) is 0.405. The lowest BCUT2D eigenvalue weighted by molar-refractivity contribution is 0.371. The maximum atomic E-state index is 14.7. The van der Waals surface area contributed by atoms with Gasteiger partial charge in [-0.2, -0.15) is 0 Å². The van der Waals surface area contributed by atoms with Gasteiger partial charge < -0.3 is 14.5 Å². The molecule has 3 heterocycles. The van der Waals surface area contributed by atoms with Crippen molar-refractivity contribution < 1.29 is 9.13 Å². The first-order chi connectivity index (χ1) is 16.5. The summed E-state index contributed by atoms with van der Waals surface area (Å²) >= 11 is 0. The third-order valence-corrected chi connectivity index (χ3v) is 6.29. The van der Waals surface area contributed by atoms with Gasteiger partial charge in [-0.05, 0) is 62.8 Å². The number of nitrogens with zero attached hydrogens (tertiary/aromatic N) is 5. The van der Waals surface area contributed by atoms with E-state index >= 15 is 0 Å². The number of aromatic nitrogens is 3. The maximum absolute atomic E-state index is 14.7. The third kappa shape index (κ3) is 4.19. The normalized spacial score (nSPS) is 15.9. The van der Waals surface area contributed by atoms with Crippen molar-refractivity contribution in [3.8, 4) is 28.3 Å². The Labute approximate surface area is 199 Å². The average Bonchev–Trinajstić information content (AvgIpc) is 3.30. The molecule has 34 heavy (non-hydrogen) atoms. The van der Waals surface area contributed by atoms with Gasteiger partial charge in [0, 0.05) is 48.0 Å². The van der Waals surface area contributed by atoms with Crippen LogP contribution in [0.4, 0.5) is 10.2 Å². The lowest BCUT2D eigenvalue weighted by Gasteiger charge is -2.29. The molecule has 6 nitrogen and oxygen atoms in total. The number of anilines is 1. The van der Waals surface area contributed by atoms with Crippen LogP contribution >= 0.6 is 0 Å². The molecule has 1 saturated heterocycles. The second-order valence-electron chi connectivity index (χ2n) is 8.92. The molecule has 1 fully saturated rings. The summed E-state index contributed by atoms with van der Waals surface area (Å²) in [5, 5.41) is 0.857. The number of methoxy groups -OCH3 is 1. The predicted molar refractivity (Wildman–Crippen MR) is 134 cm³/mol. The predicted octanol–water partition coefficient (Wildman–Crippen LogP) is 5.04. The summed E-state index contributed by atoms with van der Waals surface area (Å²) in [5.74, 6) is 1.77. The zero-order valence-corrected chi connectivity index (χ0v) is 19.7. The van der Waals surface area contributed by atoms with Gasteiger partial charge in [0.2, 0.25) is 0 Å². The van der Waals surface area contributed by atoms with Crippen LogP contribution in [0.1, 0.15) is 12.8 Å². The van der Waals surface area contributed by atoms with Crippen LogP contribution in [0.2, 0.25) is 0 Å². The van der Waals surface area contributed by atoms with E-state index in [4.69, 9.17) is 14.7 Å². The zero-order chi connectivity index (χ0) is 23.7. The van der Waals surface area contributed by atoms with Gasteiger partial charge in [-0.1, -0.05) is 18.2 Å². The SMILES string of the molecule is COc1cc(-c2ccccc2F)cc2c(N3CCCC3CN(C)C)nc(-c3cccnc3)nc12. The molecule has 0 N–H and O–H groups in total. The monoisotopic (exact) mass is 457 g/mol.